The van der Waals surface area contributed by atoms with Crippen molar-refractivity contribution in [1.82, 2.24) is 19.4 Å². The van der Waals surface area contributed by atoms with E-state index in [4.69, 9.17) is 15.2 Å². The molecule has 2 heterocycles. The highest BCUT2D eigenvalue weighted by atomic mass is 16.6. The van der Waals surface area contributed by atoms with E-state index < -0.39 is 0 Å². The van der Waals surface area contributed by atoms with Crippen molar-refractivity contribution in [2.45, 2.75) is 27.1 Å². The van der Waals surface area contributed by atoms with Crippen LogP contribution in [-0.4, -0.2) is 51.7 Å². The zero-order valence-electron chi connectivity index (χ0n) is 17.3. The molecule has 0 atom stereocenters. The predicted molar refractivity (Wildman–Crippen MR) is 114 cm³/mol. The molecule has 0 unspecified atom stereocenters. The van der Waals surface area contributed by atoms with Crippen LogP contribution < -0.4 is 11.3 Å². The summed E-state index contributed by atoms with van der Waals surface area (Å²) in [5.41, 5.74) is 7.86. The molecule has 1 aromatic carbocycles. The fraction of sp³-hybridized carbons (Fsp3) is 0.381. The molecule has 0 saturated heterocycles. The highest BCUT2D eigenvalue weighted by Crippen LogP contribution is 2.11. The molecule has 3 aromatic rings. The second-order valence-corrected chi connectivity index (χ2v) is 6.83. The first-order valence-electron chi connectivity index (χ1n) is 9.91. The Kier molecular flexibility index (Phi) is 7.21. The summed E-state index contributed by atoms with van der Waals surface area (Å²) in [6.07, 6.45) is 1.51. The van der Waals surface area contributed by atoms with E-state index in [0.29, 0.717) is 16.6 Å². The van der Waals surface area contributed by atoms with Gasteiger partial charge in [0.2, 0.25) is 0 Å². The maximum atomic E-state index is 12.2. The van der Waals surface area contributed by atoms with Crippen LogP contribution in [0.4, 0.5) is 5.82 Å². The number of ether oxygens (including phenoxy) is 2. The van der Waals surface area contributed by atoms with Crippen LogP contribution in [0.25, 0.3) is 11.0 Å². The van der Waals surface area contributed by atoms with Gasteiger partial charge in [0.15, 0.2) is 5.52 Å². The van der Waals surface area contributed by atoms with Crippen molar-refractivity contribution in [2.24, 2.45) is 0 Å². The number of esters is 1. The van der Waals surface area contributed by atoms with E-state index >= 15 is 0 Å². The van der Waals surface area contributed by atoms with Gasteiger partial charge in [-0.15, -0.1) is 0 Å². The highest BCUT2D eigenvalue weighted by Gasteiger charge is 2.09. The number of carbonyl (C=O) groups excluding carboxylic acids is 1. The standard InChI is InChI=1S/C21H27N5O4/c1-3-25(4-2)12-15-5-7-16(8-6-15)21(28)30-10-9-29-14-26-13-23-19-17(26)11-18(22)24-20(19)27/h5-8,11,13H,3-4,9-10,12,14H2,1-2H3,(H3,22,24,27). The quantitative estimate of drug-likeness (QED) is 0.386. The summed E-state index contributed by atoms with van der Waals surface area (Å²) in [4.78, 5) is 32.8. The van der Waals surface area contributed by atoms with Gasteiger partial charge in [-0.25, -0.2) is 9.78 Å². The van der Waals surface area contributed by atoms with Gasteiger partial charge in [-0.05, 0) is 30.8 Å². The van der Waals surface area contributed by atoms with Crippen LogP contribution in [0.5, 0.6) is 0 Å². The number of rotatable bonds is 10. The minimum absolute atomic E-state index is 0.120. The lowest BCUT2D eigenvalue weighted by Crippen LogP contribution is -2.22. The van der Waals surface area contributed by atoms with Crippen LogP contribution in [0.3, 0.4) is 0 Å². The Balaban J connectivity index is 1.44. The third-order valence-electron chi connectivity index (χ3n) is 4.82. The van der Waals surface area contributed by atoms with Crippen LogP contribution in [-0.2, 0) is 22.7 Å². The molecule has 3 rings (SSSR count). The number of anilines is 1. The van der Waals surface area contributed by atoms with E-state index in [-0.39, 0.29) is 37.3 Å². The van der Waals surface area contributed by atoms with Crippen LogP contribution in [0.15, 0.2) is 41.5 Å². The number of nitrogens with zero attached hydrogens (tertiary/aromatic N) is 3. The van der Waals surface area contributed by atoms with Crippen LogP contribution in [0.1, 0.15) is 29.8 Å². The van der Waals surface area contributed by atoms with Gasteiger partial charge in [0, 0.05) is 12.6 Å². The molecule has 0 saturated carbocycles. The molecule has 160 valence electrons. The number of H-pyrrole nitrogens is 1. The second-order valence-electron chi connectivity index (χ2n) is 6.83. The fourth-order valence-corrected chi connectivity index (χ4v) is 3.09. The Morgan fingerprint density at radius 3 is 2.63 bits per heavy atom. The second kappa shape index (κ2) is 10.0. The summed E-state index contributed by atoms with van der Waals surface area (Å²) < 4.78 is 12.5. The van der Waals surface area contributed by atoms with Crippen molar-refractivity contribution in [3.05, 3.63) is 58.1 Å². The zero-order chi connectivity index (χ0) is 21.5. The summed E-state index contributed by atoms with van der Waals surface area (Å²) in [5.74, 6) is -0.133. The number of fused-ring (bicyclic) bond motifs is 1. The van der Waals surface area contributed by atoms with Crippen molar-refractivity contribution >= 4 is 22.8 Å². The van der Waals surface area contributed by atoms with Gasteiger partial charge in [-0.2, -0.15) is 0 Å². The lowest BCUT2D eigenvalue weighted by molar-refractivity contribution is 0.0182. The normalized spacial score (nSPS) is 11.3. The number of benzene rings is 1. The average Bonchev–Trinajstić information content (AvgIpc) is 3.15. The minimum atomic E-state index is -0.389. The largest absolute Gasteiger partial charge is 0.460 e. The topological polar surface area (TPSA) is 115 Å². The number of imidazole rings is 1. The van der Waals surface area contributed by atoms with E-state index in [1.807, 2.05) is 12.1 Å². The molecule has 30 heavy (non-hydrogen) atoms. The zero-order valence-corrected chi connectivity index (χ0v) is 17.3. The van der Waals surface area contributed by atoms with E-state index in [0.717, 1.165) is 25.2 Å². The lowest BCUT2D eigenvalue weighted by atomic mass is 10.1. The molecule has 0 aliphatic rings. The van der Waals surface area contributed by atoms with Crippen LogP contribution >= 0.6 is 0 Å². The third kappa shape index (κ3) is 5.25. The molecule has 0 aliphatic heterocycles. The van der Waals surface area contributed by atoms with Crippen molar-refractivity contribution in [3.8, 4) is 0 Å². The molecule has 9 nitrogen and oxygen atoms in total. The fourth-order valence-electron chi connectivity index (χ4n) is 3.09. The monoisotopic (exact) mass is 413 g/mol. The van der Waals surface area contributed by atoms with Crippen molar-refractivity contribution in [3.63, 3.8) is 0 Å². The SMILES string of the molecule is CCN(CC)Cc1ccc(C(=O)OCCOCn2cnc3c(=O)[nH]c(N)cc32)cc1. The van der Waals surface area contributed by atoms with E-state index in [1.54, 1.807) is 22.8 Å². The lowest BCUT2D eigenvalue weighted by Gasteiger charge is -2.17. The molecular formula is C21H27N5O4. The molecule has 0 amide bonds. The Bertz CT molecular complexity index is 1040. The molecule has 9 heteroatoms. The molecule has 3 N–H and O–H groups in total. The summed E-state index contributed by atoms with van der Waals surface area (Å²) in [6, 6.07) is 9.08. The van der Waals surface area contributed by atoms with Gasteiger partial charge in [0.1, 0.15) is 19.2 Å². The van der Waals surface area contributed by atoms with Gasteiger partial charge in [0.25, 0.3) is 5.56 Å². The highest BCUT2D eigenvalue weighted by molar-refractivity contribution is 5.89. The number of nitrogens with one attached hydrogen (secondary N) is 1. The predicted octanol–water partition coefficient (Wildman–Crippen LogP) is 1.98. The number of nitrogens with two attached hydrogens (primary N) is 1. The summed E-state index contributed by atoms with van der Waals surface area (Å²) in [7, 11) is 0. The van der Waals surface area contributed by atoms with E-state index in [2.05, 4.69) is 28.7 Å². The first-order chi connectivity index (χ1) is 14.5. The number of hydrogen-bond acceptors (Lipinski definition) is 7. The number of aromatic amines is 1. The van der Waals surface area contributed by atoms with Gasteiger partial charge < -0.3 is 24.8 Å². The molecule has 0 fully saturated rings. The summed E-state index contributed by atoms with van der Waals surface area (Å²) in [5, 5.41) is 0. The Labute approximate surface area is 174 Å². The van der Waals surface area contributed by atoms with Gasteiger partial charge >= 0.3 is 5.97 Å². The first-order valence-corrected chi connectivity index (χ1v) is 9.91. The first kappa shape index (κ1) is 21.5. The maximum absolute atomic E-state index is 12.2. The van der Waals surface area contributed by atoms with Crippen LogP contribution in [0, 0.1) is 0 Å². The van der Waals surface area contributed by atoms with E-state index in [9.17, 15) is 9.59 Å². The Morgan fingerprint density at radius 2 is 1.93 bits per heavy atom. The summed E-state index contributed by atoms with van der Waals surface area (Å²) >= 11 is 0. The molecular weight excluding hydrogens is 386 g/mol. The van der Waals surface area contributed by atoms with Crippen molar-refractivity contribution in [2.75, 3.05) is 32.0 Å². The Hall–Kier alpha value is -3.17. The Morgan fingerprint density at radius 1 is 1.20 bits per heavy atom. The van der Waals surface area contributed by atoms with Gasteiger partial charge in [0.05, 0.1) is 24.0 Å². The average molecular weight is 413 g/mol. The van der Waals surface area contributed by atoms with Crippen molar-refractivity contribution in [1.29, 1.82) is 0 Å². The maximum Gasteiger partial charge on any atom is 0.338 e. The minimum Gasteiger partial charge on any atom is -0.460 e. The van der Waals surface area contributed by atoms with Gasteiger partial charge in [-0.3, -0.25) is 9.69 Å². The van der Waals surface area contributed by atoms with Gasteiger partial charge in [-0.1, -0.05) is 26.0 Å². The third-order valence-corrected chi connectivity index (χ3v) is 4.82. The smallest absolute Gasteiger partial charge is 0.338 e. The number of pyridine rings is 1. The molecule has 0 aliphatic carbocycles. The molecule has 0 spiro atoms. The summed E-state index contributed by atoms with van der Waals surface area (Å²) in [6.45, 7) is 7.58. The number of hydrogen-bond donors (Lipinski definition) is 2. The van der Waals surface area contributed by atoms with Crippen LogP contribution in [0.2, 0.25) is 0 Å². The number of aromatic nitrogens is 3. The number of nitrogen functional groups attached to an aromatic ring is 1. The molecule has 0 bridgehead atoms. The van der Waals surface area contributed by atoms with Crippen molar-refractivity contribution < 1.29 is 14.3 Å². The van der Waals surface area contributed by atoms with E-state index in [1.165, 1.54) is 6.33 Å². The molecule has 0 radical (unpaired) electrons. The molecule has 2 aromatic heterocycles. The number of carbonyl (C=O) groups is 1.